The standard InChI is InChI=1S/C60H44N4/c1-6-23-46(24-7-1)61(47-25-8-2-9-26-47)52-34-19-36-54(43-52)63(55-37-20-35-53(44-55)62(48-27-10-3-11-28-48)49-29-12-4-13-30-49)51-33-18-22-45(42-51)56-39-21-40-58-57-38-16-17-41-59(57)64(60(56)58)50-31-14-5-15-32-50/h1-44H. The molecule has 0 saturated heterocycles. The van der Waals surface area contributed by atoms with Gasteiger partial charge in [-0.05, 0) is 121 Å². The van der Waals surface area contributed by atoms with Crippen LogP contribution in [0, 0.1) is 0 Å². The van der Waals surface area contributed by atoms with Crippen molar-refractivity contribution in [2.45, 2.75) is 0 Å². The molecule has 0 bridgehead atoms. The summed E-state index contributed by atoms with van der Waals surface area (Å²) in [6.07, 6.45) is 0. The Hall–Kier alpha value is -8.60. The average molecular weight is 821 g/mol. The molecule has 0 unspecified atom stereocenters. The van der Waals surface area contributed by atoms with E-state index >= 15 is 0 Å². The number of rotatable bonds is 11. The Morgan fingerprint density at radius 2 is 0.594 bits per heavy atom. The minimum atomic E-state index is 1.03. The van der Waals surface area contributed by atoms with Gasteiger partial charge in [0.25, 0.3) is 0 Å². The number of benzene rings is 10. The molecule has 64 heavy (non-hydrogen) atoms. The Labute approximate surface area is 374 Å². The van der Waals surface area contributed by atoms with Crippen molar-refractivity contribution in [3.05, 3.63) is 267 Å². The number of hydrogen-bond acceptors (Lipinski definition) is 3. The summed E-state index contributed by atoms with van der Waals surface area (Å²) in [6, 6.07) is 95.4. The first-order chi connectivity index (χ1) is 31.8. The number of fused-ring (bicyclic) bond motifs is 3. The first-order valence-electron chi connectivity index (χ1n) is 21.8. The molecular formula is C60H44N4. The molecule has 304 valence electrons. The quantitative estimate of drug-likeness (QED) is 0.129. The van der Waals surface area contributed by atoms with E-state index in [9.17, 15) is 0 Å². The second-order valence-electron chi connectivity index (χ2n) is 15.8. The van der Waals surface area contributed by atoms with Gasteiger partial charge in [0.1, 0.15) is 0 Å². The topological polar surface area (TPSA) is 14.7 Å². The maximum Gasteiger partial charge on any atom is 0.0619 e. The largest absolute Gasteiger partial charge is 0.310 e. The van der Waals surface area contributed by atoms with Crippen molar-refractivity contribution in [2.24, 2.45) is 0 Å². The fraction of sp³-hybridized carbons (Fsp3) is 0. The van der Waals surface area contributed by atoms with Crippen molar-refractivity contribution < 1.29 is 0 Å². The van der Waals surface area contributed by atoms with Gasteiger partial charge in [-0.2, -0.15) is 0 Å². The van der Waals surface area contributed by atoms with E-state index in [1.807, 2.05) is 0 Å². The van der Waals surface area contributed by atoms with Gasteiger partial charge in [-0.25, -0.2) is 0 Å². The fourth-order valence-electron chi connectivity index (χ4n) is 9.10. The van der Waals surface area contributed by atoms with Gasteiger partial charge in [0.2, 0.25) is 0 Å². The molecule has 0 N–H and O–H groups in total. The first kappa shape index (κ1) is 38.3. The van der Waals surface area contributed by atoms with Gasteiger partial charge in [0.15, 0.2) is 0 Å². The zero-order valence-corrected chi connectivity index (χ0v) is 35.2. The van der Waals surface area contributed by atoms with Crippen LogP contribution in [0.5, 0.6) is 0 Å². The third kappa shape index (κ3) is 7.23. The van der Waals surface area contributed by atoms with Gasteiger partial charge in [0.05, 0.1) is 11.0 Å². The Bertz CT molecular complexity index is 3120. The second-order valence-corrected chi connectivity index (χ2v) is 15.8. The molecule has 11 rings (SSSR count). The van der Waals surface area contributed by atoms with Gasteiger partial charge in [0, 0.05) is 73.2 Å². The molecular weight excluding hydrogens is 777 g/mol. The number of para-hydroxylation sites is 7. The Morgan fingerprint density at radius 3 is 1.08 bits per heavy atom. The van der Waals surface area contributed by atoms with Gasteiger partial charge in [-0.15, -0.1) is 0 Å². The predicted octanol–water partition coefficient (Wildman–Crippen LogP) is 16.9. The molecule has 10 aromatic carbocycles. The van der Waals surface area contributed by atoms with Gasteiger partial charge >= 0.3 is 0 Å². The Kier molecular flexibility index (Phi) is 10.2. The highest BCUT2D eigenvalue weighted by molar-refractivity contribution is 6.14. The predicted molar refractivity (Wildman–Crippen MR) is 270 cm³/mol. The third-order valence-corrected chi connectivity index (χ3v) is 11.9. The van der Waals surface area contributed by atoms with E-state index in [4.69, 9.17) is 0 Å². The maximum absolute atomic E-state index is 2.42. The lowest BCUT2D eigenvalue weighted by molar-refractivity contribution is 1.18. The molecule has 0 spiro atoms. The van der Waals surface area contributed by atoms with Crippen LogP contribution in [0.15, 0.2) is 267 Å². The van der Waals surface area contributed by atoms with Crippen molar-refractivity contribution in [1.82, 2.24) is 4.57 Å². The minimum absolute atomic E-state index is 1.03. The first-order valence-corrected chi connectivity index (χ1v) is 21.8. The van der Waals surface area contributed by atoms with Crippen LogP contribution < -0.4 is 14.7 Å². The summed E-state index contributed by atoms with van der Waals surface area (Å²) in [4.78, 5) is 7.04. The SMILES string of the molecule is c1ccc(N(c2ccccc2)c2cccc(N(c3cccc(-c4cccc5c6ccccc6n(-c6ccccc6)c45)c3)c3cccc(N(c4ccccc4)c4ccccc4)c3)c2)cc1. The van der Waals surface area contributed by atoms with E-state index in [2.05, 4.69) is 286 Å². The van der Waals surface area contributed by atoms with Gasteiger partial charge in [-0.3, -0.25) is 0 Å². The molecule has 0 fully saturated rings. The lowest BCUT2D eigenvalue weighted by Gasteiger charge is -2.31. The summed E-state index contributed by atoms with van der Waals surface area (Å²) in [6.45, 7) is 0. The number of nitrogens with zero attached hydrogens (tertiary/aromatic N) is 4. The molecule has 0 aliphatic heterocycles. The van der Waals surface area contributed by atoms with Gasteiger partial charge in [-0.1, -0.05) is 152 Å². The van der Waals surface area contributed by atoms with E-state index in [0.29, 0.717) is 0 Å². The summed E-state index contributed by atoms with van der Waals surface area (Å²) in [7, 11) is 0. The highest BCUT2D eigenvalue weighted by Gasteiger charge is 2.21. The lowest BCUT2D eigenvalue weighted by Crippen LogP contribution is -2.14. The van der Waals surface area contributed by atoms with Crippen LogP contribution in [0.4, 0.5) is 51.2 Å². The van der Waals surface area contributed by atoms with Crippen LogP contribution in [-0.2, 0) is 0 Å². The molecule has 0 amide bonds. The molecule has 4 nitrogen and oxygen atoms in total. The summed E-state index contributed by atoms with van der Waals surface area (Å²) in [5, 5.41) is 2.46. The smallest absolute Gasteiger partial charge is 0.0619 e. The zero-order chi connectivity index (χ0) is 42.7. The third-order valence-electron chi connectivity index (χ3n) is 11.9. The molecule has 1 heterocycles. The van der Waals surface area contributed by atoms with Crippen LogP contribution in [0.1, 0.15) is 0 Å². The molecule has 1 aromatic heterocycles. The minimum Gasteiger partial charge on any atom is -0.310 e. The van der Waals surface area contributed by atoms with Crippen molar-refractivity contribution in [3.8, 4) is 16.8 Å². The highest BCUT2D eigenvalue weighted by Crippen LogP contribution is 2.45. The maximum atomic E-state index is 2.42. The molecule has 0 aliphatic rings. The lowest BCUT2D eigenvalue weighted by atomic mass is 10.0. The molecule has 0 atom stereocenters. The summed E-state index contributed by atoms with van der Waals surface area (Å²) >= 11 is 0. The van der Waals surface area contributed by atoms with E-state index in [1.165, 1.54) is 27.4 Å². The van der Waals surface area contributed by atoms with Crippen molar-refractivity contribution >= 4 is 73.0 Å². The van der Waals surface area contributed by atoms with Crippen molar-refractivity contribution in [2.75, 3.05) is 14.7 Å². The van der Waals surface area contributed by atoms with Crippen molar-refractivity contribution in [1.29, 1.82) is 0 Å². The number of hydrogen-bond donors (Lipinski definition) is 0. The molecule has 4 heteroatoms. The fourth-order valence-corrected chi connectivity index (χ4v) is 9.10. The molecule has 0 radical (unpaired) electrons. The van der Waals surface area contributed by atoms with Gasteiger partial charge < -0.3 is 19.3 Å². The Balaban J connectivity index is 1.12. The van der Waals surface area contributed by atoms with Crippen molar-refractivity contribution in [3.63, 3.8) is 0 Å². The van der Waals surface area contributed by atoms with E-state index in [0.717, 1.165) is 62.4 Å². The van der Waals surface area contributed by atoms with Crippen LogP contribution in [-0.4, -0.2) is 4.57 Å². The number of aromatic nitrogens is 1. The van der Waals surface area contributed by atoms with Crippen LogP contribution in [0.3, 0.4) is 0 Å². The highest BCUT2D eigenvalue weighted by atomic mass is 15.2. The molecule has 0 saturated carbocycles. The Morgan fingerprint density at radius 1 is 0.250 bits per heavy atom. The van der Waals surface area contributed by atoms with E-state index < -0.39 is 0 Å². The van der Waals surface area contributed by atoms with Crippen LogP contribution in [0.2, 0.25) is 0 Å². The number of anilines is 9. The average Bonchev–Trinajstić information content (AvgIpc) is 3.71. The summed E-state index contributed by atoms with van der Waals surface area (Å²) < 4.78 is 2.42. The van der Waals surface area contributed by atoms with E-state index in [1.54, 1.807) is 0 Å². The van der Waals surface area contributed by atoms with Crippen LogP contribution in [0.25, 0.3) is 38.6 Å². The zero-order valence-electron chi connectivity index (χ0n) is 35.2. The monoisotopic (exact) mass is 820 g/mol. The second kappa shape index (κ2) is 17.0. The normalized spacial score (nSPS) is 11.1. The summed E-state index contributed by atoms with van der Waals surface area (Å²) in [5.41, 5.74) is 15.4. The molecule has 11 aromatic rings. The molecule has 0 aliphatic carbocycles. The van der Waals surface area contributed by atoms with Crippen LogP contribution >= 0.6 is 0 Å². The van der Waals surface area contributed by atoms with E-state index in [-0.39, 0.29) is 0 Å². The summed E-state index contributed by atoms with van der Waals surface area (Å²) in [5.74, 6) is 0.